The van der Waals surface area contributed by atoms with E-state index in [0.29, 0.717) is 30.5 Å². The fraction of sp³-hybridized carbons (Fsp3) is 0.533. The molecule has 0 N–H and O–H groups in total. The zero-order valence-electron chi connectivity index (χ0n) is 11.5. The zero-order valence-corrected chi connectivity index (χ0v) is 12.5. The van der Waals surface area contributed by atoms with Gasteiger partial charge >= 0.3 is 0 Å². The van der Waals surface area contributed by atoms with E-state index >= 15 is 0 Å². The van der Waals surface area contributed by atoms with Crippen LogP contribution in [-0.2, 0) is 9.53 Å². The van der Waals surface area contributed by atoms with Crippen LogP contribution in [0.25, 0.3) is 0 Å². The molecule has 1 heterocycles. The van der Waals surface area contributed by atoms with Crippen LogP contribution in [0.2, 0.25) is 13.1 Å². The molecule has 0 spiro atoms. The van der Waals surface area contributed by atoms with Crippen molar-refractivity contribution in [2.45, 2.75) is 51.1 Å². The molecular formula is C15H22O2Si. The first kappa shape index (κ1) is 13.5. The van der Waals surface area contributed by atoms with Gasteiger partial charge in [-0.3, -0.25) is 4.79 Å². The maximum absolute atomic E-state index is 11.3. The average molecular weight is 262 g/mol. The Labute approximate surface area is 110 Å². The first-order chi connectivity index (χ1) is 8.55. The Bertz CT molecular complexity index is 414. The minimum Gasteiger partial charge on any atom is -0.373 e. The van der Waals surface area contributed by atoms with E-state index in [2.05, 4.69) is 43.4 Å². The molecule has 18 heavy (non-hydrogen) atoms. The molecule has 2 nitrogen and oxygen atoms in total. The summed E-state index contributed by atoms with van der Waals surface area (Å²) in [5.41, 5.74) is 0.393. The number of hydrogen-bond acceptors (Lipinski definition) is 2. The van der Waals surface area contributed by atoms with Crippen LogP contribution in [0.3, 0.4) is 0 Å². The van der Waals surface area contributed by atoms with E-state index in [9.17, 15) is 4.79 Å². The second-order valence-corrected chi connectivity index (χ2v) is 10.2. The van der Waals surface area contributed by atoms with Crippen molar-refractivity contribution in [1.82, 2.24) is 0 Å². The van der Waals surface area contributed by atoms with Gasteiger partial charge in [-0.1, -0.05) is 55.5 Å². The van der Waals surface area contributed by atoms with E-state index in [-0.39, 0.29) is 0 Å². The highest BCUT2D eigenvalue weighted by atomic mass is 28.3. The van der Waals surface area contributed by atoms with Crippen LogP contribution in [0.4, 0.5) is 0 Å². The first-order valence-electron chi connectivity index (χ1n) is 6.78. The lowest BCUT2D eigenvalue weighted by atomic mass is 10.1. The Morgan fingerprint density at radius 2 is 1.94 bits per heavy atom. The Hall–Kier alpha value is -0.933. The Morgan fingerprint density at radius 1 is 1.28 bits per heavy atom. The van der Waals surface area contributed by atoms with Crippen molar-refractivity contribution in [2.24, 2.45) is 0 Å². The maximum Gasteiger partial charge on any atom is 0.132 e. The van der Waals surface area contributed by atoms with E-state index < -0.39 is 8.07 Å². The minimum atomic E-state index is -1.52. The molecule has 0 amide bonds. The van der Waals surface area contributed by atoms with Gasteiger partial charge in [-0.2, -0.15) is 0 Å². The molecule has 0 aliphatic carbocycles. The molecule has 98 valence electrons. The molecule has 2 rings (SSSR count). The summed E-state index contributed by atoms with van der Waals surface area (Å²) in [4.78, 5) is 11.3. The molecule has 1 aromatic carbocycles. The van der Waals surface area contributed by atoms with Crippen molar-refractivity contribution in [1.29, 1.82) is 0 Å². The van der Waals surface area contributed by atoms with Crippen LogP contribution in [0.1, 0.15) is 26.2 Å². The van der Waals surface area contributed by atoms with E-state index in [4.69, 9.17) is 4.74 Å². The number of rotatable bonds is 6. The third-order valence-electron chi connectivity index (χ3n) is 3.91. The summed E-state index contributed by atoms with van der Waals surface area (Å²) >= 11 is 0. The SMILES string of the molecule is CCC(=O)CC[C@H]1O[C@H]1[Si](C)(C)c1ccccc1. The van der Waals surface area contributed by atoms with Gasteiger partial charge in [0.2, 0.25) is 0 Å². The quantitative estimate of drug-likeness (QED) is 0.583. The third kappa shape index (κ3) is 2.90. The summed E-state index contributed by atoms with van der Waals surface area (Å²) in [6, 6.07) is 10.7. The van der Waals surface area contributed by atoms with Crippen LogP contribution in [-0.4, -0.2) is 25.7 Å². The number of hydrogen-bond donors (Lipinski definition) is 0. The van der Waals surface area contributed by atoms with E-state index in [1.807, 2.05) is 6.92 Å². The van der Waals surface area contributed by atoms with Crippen LogP contribution >= 0.6 is 0 Å². The fourth-order valence-electron chi connectivity index (χ4n) is 2.51. The predicted molar refractivity (Wildman–Crippen MR) is 76.8 cm³/mol. The molecule has 1 aliphatic heterocycles. The lowest BCUT2D eigenvalue weighted by Gasteiger charge is -2.20. The second-order valence-electron chi connectivity index (χ2n) is 5.61. The standard InChI is InChI=1S/C15H22O2Si/c1-4-12(16)10-11-14-15(17-14)18(2,3)13-8-6-5-7-9-13/h5-9,14-15H,4,10-11H2,1-3H3/t14-,15+/m1/s1. The summed E-state index contributed by atoms with van der Waals surface area (Å²) in [6.07, 6.45) is 2.55. The van der Waals surface area contributed by atoms with Gasteiger partial charge in [0.15, 0.2) is 0 Å². The van der Waals surface area contributed by atoms with E-state index in [1.54, 1.807) is 0 Å². The van der Waals surface area contributed by atoms with Gasteiger partial charge in [-0.15, -0.1) is 0 Å². The molecule has 0 saturated carbocycles. The number of carbonyl (C=O) groups is 1. The number of benzene rings is 1. The van der Waals surface area contributed by atoms with Gasteiger partial charge < -0.3 is 4.74 Å². The summed E-state index contributed by atoms with van der Waals surface area (Å²) in [6.45, 7) is 6.64. The lowest BCUT2D eigenvalue weighted by Crippen LogP contribution is -2.48. The van der Waals surface area contributed by atoms with Crippen molar-refractivity contribution in [3.63, 3.8) is 0 Å². The first-order valence-corrected chi connectivity index (χ1v) is 9.86. The van der Waals surface area contributed by atoms with Crippen LogP contribution in [0.5, 0.6) is 0 Å². The fourth-order valence-corrected chi connectivity index (χ4v) is 5.50. The number of ether oxygens (including phenoxy) is 1. The van der Waals surface area contributed by atoms with Crippen molar-refractivity contribution < 1.29 is 9.53 Å². The van der Waals surface area contributed by atoms with Gasteiger partial charge in [-0.25, -0.2) is 0 Å². The van der Waals surface area contributed by atoms with Crippen molar-refractivity contribution in [3.8, 4) is 0 Å². The zero-order chi connectivity index (χ0) is 13.2. The molecule has 1 aliphatic rings. The number of epoxide rings is 1. The van der Waals surface area contributed by atoms with Crippen molar-refractivity contribution in [2.75, 3.05) is 0 Å². The monoisotopic (exact) mass is 262 g/mol. The maximum atomic E-state index is 11.3. The summed E-state index contributed by atoms with van der Waals surface area (Å²) in [5.74, 6) is 0.350. The Kier molecular flexibility index (Phi) is 4.03. The second kappa shape index (κ2) is 5.37. The highest BCUT2D eigenvalue weighted by Crippen LogP contribution is 2.34. The van der Waals surface area contributed by atoms with Crippen LogP contribution < -0.4 is 5.19 Å². The van der Waals surface area contributed by atoms with Crippen molar-refractivity contribution in [3.05, 3.63) is 30.3 Å². The predicted octanol–water partition coefficient (Wildman–Crippen LogP) is 2.67. The summed E-state index contributed by atoms with van der Waals surface area (Å²) in [7, 11) is -1.52. The molecule has 1 aromatic rings. The Morgan fingerprint density at radius 3 is 2.56 bits per heavy atom. The molecule has 0 aromatic heterocycles. The Balaban J connectivity index is 1.92. The summed E-state index contributed by atoms with van der Waals surface area (Å²) in [5, 5.41) is 1.44. The largest absolute Gasteiger partial charge is 0.373 e. The summed E-state index contributed by atoms with van der Waals surface area (Å²) < 4.78 is 5.84. The molecule has 1 fully saturated rings. The van der Waals surface area contributed by atoms with Gasteiger partial charge in [0, 0.05) is 12.8 Å². The van der Waals surface area contributed by atoms with Gasteiger partial charge in [0.1, 0.15) is 13.9 Å². The average Bonchev–Trinajstić information content (AvgIpc) is 3.17. The van der Waals surface area contributed by atoms with Gasteiger partial charge in [0.25, 0.3) is 0 Å². The lowest BCUT2D eigenvalue weighted by molar-refractivity contribution is -0.118. The molecule has 1 saturated heterocycles. The molecule has 0 unspecified atom stereocenters. The molecule has 2 atom stereocenters. The minimum absolute atomic E-state index is 0.322. The molecule has 0 bridgehead atoms. The highest BCUT2D eigenvalue weighted by molar-refractivity contribution is 6.91. The van der Waals surface area contributed by atoms with E-state index in [1.165, 1.54) is 5.19 Å². The topological polar surface area (TPSA) is 29.6 Å². The molecule has 3 heteroatoms. The van der Waals surface area contributed by atoms with Gasteiger partial charge in [-0.05, 0) is 6.42 Å². The third-order valence-corrected chi connectivity index (χ3v) is 7.67. The smallest absolute Gasteiger partial charge is 0.132 e. The van der Waals surface area contributed by atoms with Crippen LogP contribution in [0.15, 0.2) is 30.3 Å². The number of ketones is 1. The molecule has 0 radical (unpaired) electrons. The van der Waals surface area contributed by atoms with Gasteiger partial charge in [0.05, 0.1) is 11.8 Å². The molecular weight excluding hydrogens is 240 g/mol. The van der Waals surface area contributed by atoms with Crippen molar-refractivity contribution >= 4 is 19.0 Å². The normalized spacial score (nSPS) is 22.8. The number of Topliss-reactive ketones (excluding diaryl/α,β-unsaturated/α-hetero) is 1. The highest BCUT2D eigenvalue weighted by Gasteiger charge is 2.51. The van der Waals surface area contributed by atoms with Crippen LogP contribution in [0, 0.1) is 0 Å². The van der Waals surface area contributed by atoms with E-state index in [0.717, 1.165) is 6.42 Å². The number of carbonyl (C=O) groups excluding carboxylic acids is 1.